The summed E-state index contributed by atoms with van der Waals surface area (Å²) >= 11 is 0. The van der Waals surface area contributed by atoms with E-state index in [9.17, 15) is 0 Å². The van der Waals surface area contributed by atoms with E-state index >= 15 is 0 Å². The van der Waals surface area contributed by atoms with E-state index in [4.69, 9.17) is 0 Å². The lowest BCUT2D eigenvalue weighted by atomic mass is 9.78. The molecule has 3 rings (SSSR count). The van der Waals surface area contributed by atoms with E-state index < -0.39 is 0 Å². The highest BCUT2D eigenvalue weighted by molar-refractivity contribution is 5.66. The van der Waals surface area contributed by atoms with E-state index in [1.165, 1.54) is 61.6 Å². The highest BCUT2D eigenvalue weighted by Crippen LogP contribution is 2.34. The van der Waals surface area contributed by atoms with Crippen LogP contribution in [0.15, 0.2) is 36.8 Å². The topological polar surface area (TPSA) is 25.8 Å². The van der Waals surface area contributed by atoms with Crippen LogP contribution in [0.25, 0.3) is 11.3 Å². The van der Waals surface area contributed by atoms with Gasteiger partial charge in [-0.15, -0.1) is 0 Å². The van der Waals surface area contributed by atoms with Gasteiger partial charge in [0.25, 0.3) is 0 Å². The van der Waals surface area contributed by atoms with Crippen molar-refractivity contribution in [1.82, 2.24) is 9.97 Å². The predicted molar refractivity (Wildman–Crippen MR) is 106 cm³/mol. The van der Waals surface area contributed by atoms with Crippen LogP contribution >= 0.6 is 0 Å². The second kappa shape index (κ2) is 9.12. The predicted octanol–water partition coefficient (Wildman–Crippen LogP) is 6.25. The third-order valence-electron chi connectivity index (χ3n) is 5.93. The molecule has 1 saturated carbocycles. The van der Waals surface area contributed by atoms with E-state index in [2.05, 4.69) is 48.1 Å². The van der Waals surface area contributed by atoms with Crippen molar-refractivity contribution in [2.75, 3.05) is 0 Å². The monoisotopic (exact) mass is 336 g/mol. The molecule has 134 valence electrons. The Kier molecular flexibility index (Phi) is 6.61. The van der Waals surface area contributed by atoms with Crippen LogP contribution < -0.4 is 0 Å². The quantitative estimate of drug-likeness (QED) is 0.597. The number of hydrogen-bond acceptors (Lipinski definition) is 2. The molecule has 1 fully saturated rings. The van der Waals surface area contributed by atoms with Crippen LogP contribution in [0, 0.1) is 11.8 Å². The van der Waals surface area contributed by atoms with Crippen molar-refractivity contribution >= 4 is 0 Å². The number of nitrogens with zero attached hydrogens (tertiary/aromatic N) is 2. The van der Waals surface area contributed by atoms with Crippen LogP contribution in [0.4, 0.5) is 0 Å². The second-order valence-electron chi connectivity index (χ2n) is 7.62. The molecule has 25 heavy (non-hydrogen) atoms. The van der Waals surface area contributed by atoms with Gasteiger partial charge in [0.05, 0.1) is 5.69 Å². The van der Waals surface area contributed by atoms with Crippen LogP contribution in [0.3, 0.4) is 0 Å². The van der Waals surface area contributed by atoms with Gasteiger partial charge in [0.2, 0.25) is 0 Å². The average molecular weight is 337 g/mol. The van der Waals surface area contributed by atoms with E-state index in [0.29, 0.717) is 0 Å². The Bertz CT molecular complexity index is 657. The lowest BCUT2D eigenvalue weighted by Crippen LogP contribution is -2.15. The van der Waals surface area contributed by atoms with Crippen LogP contribution in [0.5, 0.6) is 0 Å². The lowest BCUT2D eigenvalue weighted by Gasteiger charge is -2.28. The van der Waals surface area contributed by atoms with E-state index in [1.807, 2.05) is 6.20 Å². The molecule has 0 unspecified atom stereocenters. The Morgan fingerprint density at radius 3 is 2.36 bits per heavy atom. The maximum atomic E-state index is 4.65. The maximum Gasteiger partial charge on any atom is 0.116 e. The van der Waals surface area contributed by atoms with Gasteiger partial charge in [0, 0.05) is 11.8 Å². The molecule has 0 radical (unpaired) electrons. The van der Waals surface area contributed by atoms with Gasteiger partial charge >= 0.3 is 0 Å². The minimum atomic E-state index is 0.891. The van der Waals surface area contributed by atoms with Gasteiger partial charge in [0.15, 0.2) is 0 Å². The second-order valence-corrected chi connectivity index (χ2v) is 7.62. The Morgan fingerprint density at radius 2 is 1.64 bits per heavy atom. The van der Waals surface area contributed by atoms with Gasteiger partial charge in [-0.3, -0.25) is 0 Å². The first-order valence-electron chi connectivity index (χ1n) is 10.2. The zero-order chi connectivity index (χ0) is 17.5. The van der Waals surface area contributed by atoms with Gasteiger partial charge in [-0.2, -0.15) is 0 Å². The van der Waals surface area contributed by atoms with Crippen molar-refractivity contribution in [3.63, 3.8) is 0 Å². The third-order valence-corrected chi connectivity index (χ3v) is 5.93. The molecule has 1 aliphatic rings. The Hall–Kier alpha value is -1.70. The van der Waals surface area contributed by atoms with Crippen LogP contribution in [-0.4, -0.2) is 9.97 Å². The molecule has 2 nitrogen and oxygen atoms in total. The standard InChI is InChI=1S/C23H32N2/c1-3-7-18-10-12-19(13-11-18)14-15-21-16-24-17-25-23(21)22-9-6-5-8-20(22)4-2/h5-6,8-9,16-19H,3-4,7,10-15H2,1-2H3. The summed E-state index contributed by atoms with van der Waals surface area (Å²) in [5.41, 5.74) is 5.13. The molecule has 0 atom stereocenters. The molecule has 0 amide bonds. The Labute approximate surface area is 153 Å². The van der Waals surface area contributed by atoms with Crippen molar-refractivity contribution in [2.24, 2.45) is 11.8 Å². The molecule has 1 aromatic carbocycles. The molecule has 1 heterocycles. The summed E-state index contributed by atoms with van der Waals surface area (Å²) in [6.45, 7) is 4.53. The third kappa shape index (κ3) is 4.68. The van der Waals surface area contributed by atoms with E-state index in [0.717, 1.165) is 30.4 Å². The highest BCUT2D eigenvalue weighted by Gasteiger charge is 2.21. The lowest BCUT2D eigenvalue weighted by molar-refractivity contribution is 0.252. The van der Waals surface area contributed by atoms with Crippen LogP contribution in [0.1, 0.15) is 69.9 Å². The minimum absolute atomic E-state index is 0.891. The summed E-state index contributed by atoms with van der Waals surface area (Å²) in [6.07, 6.45) is 15.7. The van der Waals surface area contributed by atoms with Gasteiger partial charge in [-0.05, 0) is 42.2 Å². The molecule has 0 saturated heterocycles. The fourth-order valence-electron chi connectivity index (χ4n) is 4.42. The van der Waals surface area contributed by atoms with Crippen LogP contribution in [0.2, 0.25) is 0 Å². The average Bonchev–Trinajstić information content (AvgIpc) is 2.68. The summed E-state index contributed by atoms with van der Waals surface area (Å²) in [4.78, 5) is 8.96. The smallest absolute Gasteiger partial charge is 0.116 e. The number of hydrogen-bond donors (Lipinski definition) is 0. The largest absolute Gasteiger partial charge is 0.244 e. The molecule has 0 aliphatic heterocycles. The molecule has 2 heteroatoms. The first-order valence-corrected chi connectivity index (χ1v) is 10.2. The molecule has 1 aliphatic carbocycles. The van der Waals surface area contributed by atoms with Crippen molar-refractivity contribution in [3.05, 3.63) is 47.9 Å². The number of rotatable bonds is 7. The maximum absolute atomic E-state index is 4.65. The number of aryl methyl sites for hydroxylation is 2. The van der Waals surface area contributed by atoms with Crippen LogP contribution in [-0.2, 0) is 12.8 Å². The van der Waals surface area contributed by atoms with E-state index in [-0.39, 0.29) is 0 Å². The summed E-state index contributed by atoms with van der Waals surface area (Å²) in [7, 11) is 0. The minimum Gasteiger partial charge on any atom is -0.244 e. The number of aromatic nitrogens is 2. The van der Waals surface area contributed by atoms with Crippen molar-refractivity contribution in [3.8, 4) is 11.3 Å². The first-order chi connectivity index (χ1) is 12.3. The van der Waals surface area contributed by atoms with Crippen molar-refractivity contribution < 1.29 is 0 Å². The molecule has 2 aromatic rings. The SMILES string of the molecule is CCCC1CCC(CCc2cncnc2-c2ccccc2CC)CC1. The fourth-order valence-corrected chi connectivity index (χ4v) is 4.42. The molecule has 0 spiro atoms. The molecular weight excluding hydrogens is 304 g/mol. The molecule has 1 aromatic heterocycles. The Morgan fingerprint density at radius 1 is 0.920 bits per heavy atom. The molecule has 0 N–H and O–H groups in total. The van der Waals surface area contributed by atoms with E-state index in [1.54, 1.807) is 6.33 Å². The van der Waals surface area contributed by atoms with Gasteiger partial charge in [-0.25, -0.2) is 9.97 Å². The summed E-state index contributed by atoms with van der Waals surface area (Å²) < 4.78 is 0. The first kappa shape index (κ1) is 18.1. The van der Waals surface area contributed by atoms with Gasteiger partial charge < -0.3 is 0 Å². The summed E-state index contributed by atoms with van der Waals surface area (Å²) in [5, 5.41) is 0. The highest BCUT2D eigenvalue weighted by atomic mass is 14.8. The fraction of sp³-hybridized carbons (Fsp3) is 0.565. The zero-order valence-corrected chi connectivity index (χ0v) is 15.9. The van der Waals surface area contributed by atoms with Crippen molar-refractivity contribution in [1.29, 1.82) is 0 Å². The Balaban J connectivity index is 1.66. The molecular formula is C23H32N2. The number of benzene rings is 1. The summed E-state index contributed by atoms with van der Waals surface area (Å²) in [5.74, 6) is 1.89. The summed E-state index contributed by atoms with van der Waals surface area (Å²) in [6, 6.07) is 8.67. The normalized spacial score (nSPS) is 20.6. The van der Waals surface area contributed by atoms with Crippen molar-refractivity contribution in [2.45, 2.75) is 71.6 Å². The van der Waals surface area contributed by atoms with Gasteiger partial charge in [0.1, 0.15) is 6.33 Å². The molecule has 0 bridgehead atoms. The van der Waals surface area contributed by atoms with Gasteiger partial charge in [-0.1, -0.05) is 76.6 Å². The zero-order valence-electron chi connectivity index (χ0n) is 15.9.